The Morgan fingerprint density at radius 3 is 2.64 bits per heavy atom. The van der Waals surface area contributed by atoms with E-state index in [0.29, 0.717) is 11.4 Å². The van der Waals surface area contributed by atoms with Crippen LogP contribution in [0.4, 0.5) is 4.39 Å². The molecule has 0 saturated heterocycles. The molecule has 0 amide bonds. The first-order chi connectivity index (χ1) is 10.7. The number of H-pyrrole nitrogens is 1. The standard InChI is InChI=1S/C17H15FN2O2/c1-22-15-8-7-12(9-13(15)18)16(21)17-19-10-14(20-17)11-5-3-2-4-6-11/h2-10,16,21H,1H3,(H,19,20). The van der Waals surface area contributed by atoms with E-state index in [1.807, 2.05) is 30.3 Å². The van der Waals surface area contributed by atoms with Crippen LogP contribution in [0.25, 0.3) is 11.3 Å². The summed E-state index contributed by atoms with van der Waals surface area (Å²) in [6, 6.07) is 14.0. The van der Waals surface area contributed by atoms with Crippen LogP contribution in [-0.2, 0) is 0 Å². The van der Waals surface area contributed by atoms with Crippen LogP contribution in [0.2, 0.25) is 0 Å². The number of aromatic nitrogens is 2. The molecular weight excluding hydrogens is 283 g/mol. The molecule has 4 nitrogen and oxygen atoms in total. The Bertz CT molecular complexity index is 771. The largest absolute Gasteiger partial charge is 0.494 e. The number of nitrogens with one attached hydrogen (secondary N) is 1. The van der Waals surface area contributed by atoms with E-state index in [1.165, 1.54) is 19.2 Å². The van der Waals surface area contributed by atoms with Gasteiger partial charge in [-0.1, -0.05) is 36.4 Å². The van der Waals surface area contributed by atoms with Gasteiger partial charge >= 0.3 is 0 Å². The number of aliphatic hydroxyl groups is 1. The fraction of sp³-hybridized carbons (Fsp3) is 0.118. The predicted octanol–water partition coefficient (Wildman–Crippen LogP) is 3.31. The molecular formula is C17H15FN2O2. The number of ether oxygens (including phenoxy) is 1. The van der Waals surface area contributed by atoms with Gasteiger partial charge in [-0.05, 0) is 23.3 Å². The van der Waals surface area contributed by atoms with Gasteiger partial charge in [-0.25, -0.2) is 9.37 Å². The molecule has 0 aliphatic carbocycles. The van der Waals surface area contributed by atoms with E-state index in [0.717, 1.165) is 11.3 Å². The fourth-order valence-electron chi connectivity index (χ4n) is 2.25. The minimum atomic E-state index is -1.03. The van der Waals surface area contributed by atoms with Gasteiger partial charge in [0.05, 0.1) is 19.0 Å². The van der Waals surface area contributed by atoms with E-state index < -0.39 is 11.9 Å². The molecule has 0 radical (unpaired) electrons. The summed E-state index contributed by atoms with van der Waals surface area (Å²) in [6.07, 6.45) is 0.617. The third-order valence-corrected chi connectivity index (χ3v) is 3.43. The molecule has 112 valence electrons. The van der Waals surface area contributed by atoms with Gasteiger partial charge in [-0.15, -0.1) is 0 Å². The molecule has 1 heterocycles. The molecule has 1 unspecified atom stereocenters. The Kier molecular flexibility index (Phi) is 3.89. The number of aliphatic hydroxyl groups excluding tert-OH is 1. The van der Waals surface area contributed by atoms with Gasteiger partial charge in [0.15, 0.2) is 11.6 Å². The van der Waals surface area contributed by atoms with Crippen LogP contribution in [0.5, 0.6) is 5.75 Å². The van der Waals surface area contributed by atoms with Gasteiger partial charge in [-0.2, -0.15) is 0 Å². The maximum atomic E-state index is 13.7. The Morgan fingerprint density at radius 2 is 1.95 bits per heavy atom. The lowest BCUT2D eigenvalue weighted by Gasteiger charge is -2.10. The van der Waals surface area contributed by atoms with Crippen LogP contribution in [0.3, 0.4) is 0 Å². The molecule has 0 spiro atoms. The van der Waals surface area contributed by atoms with Crippen molar-refractivity contribution in [3.63, 3.8) is 0 Å². The van der Waals surface area contributed by atoms with Crippen molar-refractivity contribution in [1.82, 2.24) is 9.97 Å². The van der Waals surface area contributed by atoms with Gasteiger partial charge in [0.25, 0.3) is 0 Å². The first kappa shape index (κ1) is 14.3. The van der Waals surface area contributed by atoms with Crippen molar-refractivity contribution in [3.05, 3.63) is 71.9 Å². The third kappa shape index (κ3) is 2.71. The highest BCUT2D eigenvalue weighted by atomic mass is 19.1. The molecule has 3 rings (SSSR count). The van der Waals surface area contributed by atoms with Crippen molar-refractivity contribution < 1.29 is 14.2 Å². The van der Waals surface area contributed by atoms with Crippen molar-refractivity contribution >= 4 is 0 Å². The number of methoxy groups -OCH3 is 1. The summed E-state index contributed by atoms with van der Waals surface area (Å²) in [5, 5.41) is 10.3. The van der Waals surface area contributed by atoms with Crippen LogP contribution in [0.1, 0.15) is 17.5 Å². The van der Waals surface area contributed by atoms with Gasteiger partial charge < -0.3 is 14.8 Å². The lowest BCUT2D eigenvalue weighted by atomic mass is 10.1. The number of aromatic amines is 1. The van der Waals surface area contributed by atoms with Crippen LogP contribution < -0.4 is 4.74 Å². The van der Waals surface area contributed by atoms with E-state index in [4.69, 9.17) is 4.74 Å². The molecule has 0 bridgehead atoms. The monoisotopic (exact) mass is 298 g/mol. The van der Waals surface area contributed by atoms with Crippen LogP contribution >= 0.6 is 0 Å². The summed E-state index contributed by atoms with van der Waals surface area (Å²) in [5.41, 5.74) is 2.17. The van der Waals surface area contributed by atoms with Gasteiger partial charge in [0.2, 0.25) is 0 Å². The second-order valence-corrected chi connectivity index (χ2v) is 4.84. The zero-order valence-electron chi connectivity index (χ0n) is 12.0. The highest BCUT2D eigenvalue weighted by molar-refractivity contribution is 5.58. The van der Waals surface area contributed by atoms with Crippen molar-refractivity contribution in [2.45, 2.75) is 6.10 Å². The number of hydrogen-bond acceptors (Lipinski definition) is 3. The average Bonchev–Trinajstić information content (AvgIpc) is 3.05. The molecule has 2 aromatic carbocycles. The summed E-state index contributed by atoms with van der Waals surface area (Å²) in [5.74, 6) is -0.0160. The molecule has 1 aromatic heterocycles. The summed E-state index contributed by atoms with van der Waals surface area (Å²) in [6.45, 7) is 0. The smallest absolute Gasteiger partial charge is 0.165 e. The Labute approximate surface area is 127 Å². The highest BCUT2D eigenvalue weighted by Gasteiger charge is 2.16. The van der Waals surface area contributed by atoms with Crippen molar-refractivity contribution in [2.24, 2.45) is 0 Å². The molecule has 0 fully saturated rings. The van der Waals surface area contributed by atoms with Crippen molar-refractivity contribution in [2.75, 3.05) is 7.11 Å². The Morgan fingerprint density at radius 1 is 1.18 bits per heavy atom. The van der Waals surface area contributed by atoms with Crippen molar-refractivity contribution in [3.8, 4) is 17.0 Å². The van der Waals surface area contributed by atoms with E-state index in [9.17, 15) is 9.50 Å². The summed E-state index contributed by atoms with van der Waals surface area (Å²) in [4.78, 5) is 7.24. The second-order valence-electron chi connectivity index (χ2n) is 4.84. The first-order valence-electron chi connectivity index (χ1n) is 6.81. The molecule has 3 aromatic rings. The minimum absolute atomic E-state index is 0.139. The highest BCUT2D eigenvalue weighted by Crippen LogP contribution is 2.26. The molecule has 0 aliphatic rings. The molecule has 5 heteroatoms. The van der Waals surface area contributed by atoms with E-state index in [2.05, 4.69) is 9.97 Å². The summed E-state index contributed by atoms with van der Waals surface area (Å²) in [7, 11) is 1.40. The van der Waals surface area contributed by atoms with Gasteiger partial charge in [0, 0.05) is 0 Å². The lowest BCUT2D eigenvalue weighted by molar-refractivity contribution is 0.210. The normalized spacial score (nSPS) is 12.1. The maximum absolute atomic E-state index is 13.7. The number of imidazole rings is 1. The molecule has 2 N–H and O–H groups in total. The number of nitrogens with zero attached hydrogens (tertiary/aromatic N) is 1. The molecule has 0 aliphatic heterocycles. The average molecular weight is 298 g/mol. The number of benzene rings is 2. The summed E-state index contributed by atoms with van der Waals surface area (Å²) >= 11 is 0. The van der Waals surface area contributed by atoms with Gasteiger partial charge in [-0.3, -0.25) is 0 Å². The maximum Gasteiger partial charge on any atom is 0.165 e. The Hall–Kier alpha value is -2.66. The van der Waals surface area contributed by atoms with Crippen LogP contribution in [0.15, 0.2) is 54.7 Å². The lowest BCUT2D eigenvalue weighted by Crippen LogP contribution is -2.03. The number of halogens is 1. The minimum Gasteiger partial charge on any atom is -0.494 e. The second kappa shape index (κ2) is 5.99. The zero-order valence-corrected chi connectivity index (χ0v) is 12.0. The van der Waals surface area contributed by atoms with Crippen LogP contribution in [-0.4, -0.2) is 22.2 Å². The quantitative estimate of drug-likeness (QED) is 0.777. The molecule has 22 heavy (non-hydrogen) atoms. The fourth-order valence-corrected chi connectivity index (χ4v) is 2.25. The van der Waals surface area contributed by atoms with E-state index in [1.54, 1.807) is 12.3 Å². The van der Waals surface area contributed by atoms with Crippen LogP contribution in [0, 0.1) is 5.82 Å². The molecule has 1 atom stereocenters. The topological polar surface area (TPSA) is 58.1 Å². The third-order valence-electron chi connectivity index (χ3n) is 3.43. The SMILES string of the molecule is COc1ccc(C(O)c2ncc(-c3ccccc3)[nH]2)cc1F. The van der Waals surface area contributed by atoms with E-state index >= 15 is 0 Å². The van der Waals surface area contributed by atoms with Gasteiger partial charge in [0.1, 0.15) is 11.9 Å². The Balaban J connectivity index is 1.88. The first-order valence-corrected chi connectivity index (χ1v) is 6.81. The molecule has 0 saturated carbocycles. The van der Waals surface area contributed by atoms with E-state index in [-0.39, 0.29) is 5.75 Å². The number of hydrogen-bond donors (Lipinski definition) is 2. The number of rotatable bonds is 4. The summed E-state index contributed by atoms with van der Waals surface area (Å²) < 4.78 is 18.6. The zero-order chi connectivity index (χ0) is 15.5. The predicted molar refractivity (Wildman–Crippen MR) is 81.0 cm³/mol. The van der Waals surface area contributed by atoms with Crippen molar-refractivity contribution in [1.29, 1.82) is 0 Å².